The summed E-state index contributed by atoms with van der Waals surface area (Å²) < 4.78 is 76.2. The SMILES string of the molecule is COc1cc(OCC(F)(F)F)ccc1N(c1ccncn1)S(=O)(=O)c1ccc2cnccc2c1. The van der Waals surface area contributed by atoms with E-state index in [0.29, 0.717) is 5.39 Å². The highest BCUT2D eigenvalue weighted by Crippen LogP contribution is 2.40. The lowest BCUT2D eigenvalue weighted by Crippen LogP contribution is -2.27. The summed E-state index contributed by atoms with van der Waals surface area (Å²) >= 11 is 0. The van der Waals surface area contributed by atoms with Gasteiger partial charge in [0, 0.05) is 36.1 Å². The number of anilines is 2. The van der Waals surface area contributed by atoms with Crippen molar-refractivity contribution in [3.05, 3.63) is 73.4 Å². The van der Waals surface area contributed by atoms with E-state index in [0.717, 1.165) is 9.69 Å². The van der Waals surface area contributed by atoms with E-state index in [2.05, 4.69) is 15.0 Å². The van der Waals surface area contributed by atoms with Gasteiger partial charge < -0.3 is 9.47 Å². The number of aromatic nitrogens is 3. The number of benzene rings is 2. The number of halogens is 3. The Morgan fingerprint density at radius 3 is 2.47 bits per heavy atom. The number of ether oxygens (including phenoxy) is 2. The van der Waals surface area contributed by atoms with Crippen LogP contribution in [-0.4, -0.2) is 43.3 Å². The highest BCUT2D eigenvalue weighted by Gasteiger charge is 2.32. The number of rotatable bonds is 7. The summed E-state index contributed by atoms with van der Waals surface area (Å²) in [5, 5.41) is 1.40. The van der Waals surface area contributed by atoms with Gasteiger partial charge in [0.15, 0.2) is 12.4 Å². The third kappa shape index (κ3) is 4.86. The summed E-state index contributed by atoms with van der Waals surface area (Å²) in [7, 11) is -2.99. The molecule has 2 aromatic carbocycles. The summed E-state index contributed by atoms with van der Waals surface area (Å²) in [4.78, 5) is 11.9. The van der Waals surface area contributed by atoms with Gasteiger partial charge in [0.1, 0.15) is 23.5 Å². The van der Waals surface area contributed by atoms with Gasteiger partial charge in [0.25, 0.3) is 10.0 Å². The second-order valence-electron chi connectivity index (χ2n) is 6.96. The minimum absolute atomic E-state index is 0.00656. The lowest BCUT2D eigenvalue weighted by atomic mass is 10.2. The van der Waals surface area contributed by atoms with Crippen molar-refractivity contribution in [1.29, 1.82) is 0 Å². The van der Waals surface area contributed by atoms with E-state index in [-0.39, 0.29) is 27.9 Å². The van der Waals surface area contributed by atoms with Crippen molar-refractivity contribution in [3.63, 3.8) is 0 Å². The number of sulfonamides is 1. The summed E-state index contributed by atoms with van der Waals surface area (Å²) in [6.07, 6.45) is 1.16. The molecule has 4 aromatic rings. The lowest BCUT2D eigenvalue weighted by molar-refractivity contribution is -0.153. The maximum Gasteiger partial charge on any atom is 0.422 e. The number of hydrogen-bond donors (Lipinski definition) is 0. The maximum atomic E-state index is 13.8. The fourth-order valence-corrected chi connectivity index (χ4v) is 4.68. The number of hydrogen-bond acceptors (Lipinski definition) is 7. The van der Waals surface area contributed by atoms with Gasteiger partial charge >= 0.3 is 6.18 Å². The van der Waals surface area contributed by atoms with Crippen LogP contribution in [-0.2, 0) is 10.0 Å². The molecule has 8 nitrogen and oxygen atoms in total. The predicted molar refractivity (Wildman–Crippen MR) is 118 cm³/mol. The van der Waals surface area contributed by atoms with Crippen LogP contribution in [0.5, 0.6) is 11.5 Å². The molecule has 0 saturated carbocycles. The maximum absolute atomic E-state index is 13.8. The van der Waals surface area contributed by atoms with Crippen LogP contribution in [0.2, 0.25) is 0 Å². The van der Waals surface area contributed by atoms with Gasteiger partial charge in [0.2, 0.25) is 0 Å². The highest BCUT2D eigenvalue weighted by molar-refractivity contribution is 7.93. The van der Waals surface area contributed by atoms with Crippen molar-refractivity contribution in [2.75, 3.05) is 18.0 Å². The van der Waals surface area contributed by atoms with Crippen LogP contribution in [0.25, 0.3) is 10.8 Å². The molecular weight excluding hydrogens is 473 g/mol. The molecule has 0 aliphatic rings. The molecule has 34 heavy (non-hydrogen) atoms. The first kappa shape index (κ1) is 23.2. The number of pyridine rings is 1. The van der Waals surface area contributed by atoms with Gasteiger partial charge in [0.05, 0.1) is 12.0 Å². The molecule has 0 spiro atoms. The fraction of sp³-hybridized carbons (Fsp3) is 0.136. The third-order valence-corrected chi connectivity index (χ3v) is 6.41. The predicted octanol–water partition coefficient (Wildman–Crippen LogP) is 4.50. The Morgan fingerprint density at radius 1 is 0.971 bits per heavy atom. The fourth-order valence-electron chi connectivity index (χ4n) is 3.19. The second kappa shape index (κ2) is 9.14. The van der Waals surface area contributed by atoms with Gasteiger partial charge in [-0.2, -0.15) is 13.2 Å². The molecule has 12 heteroatoms. The first-order valence-corrected chi connectivity index (χ1v) is 11.2. The molecule has 176 valence electrons. The Labute approximate surface area is 192 Å². The Kier molecular flexibility index (Phi) is 6.24. The van der Waals surface area contributed by atoms with E-state index in [4.69, 9.17) is 9.47 Å². The van der Waals surface area contributed by atoms with Crippen LogP contribution in [0.3, 0.4) is 0 Å². The summed E-state index contributed by atoms with van der Waals surface area (Å²) in [5.41, 5.74) is 0.0235. The smallest absolute Gasteiger partial charge is 0.422 e. The largest absolute Gasteiger partial charge is 0.494 e. The Hall–Kier alpha value is -3.93. The molecule has 0 unspecified atom stereocenters. The monoisotopic (exact) mass is 490 g/mol. The van der Waals surface area contributed by atoms with Crippen LogP contribution in [0.4, 0.5) is 24.7 Å². The van der Waals surface area contributed by atoms with Gasteiger partial charge in [-0.15, -0.1) is 0 Å². The van der Waals surface area contributed by atoms with Crippen molar-refractivity contribution in [3.8, 4) is 11.5 Å². The molecule has 0 saturated heterocycles. The summed E-state index contributed by atoms with van der Waals surface area (Å²) in [6, 6.07) is 11.3. The topological polar surface area (TPSA) is 94.5 Å². The summed E-state index contributed by atoms with van der Waals surface area (Å²) in [5.74, 6) is -0.171. The van der Waals surface area contributed by atoms with Crippen LogP contribution in [0.1, 0.15) is 0 Å². The summed E-state index contributed by atoms with van der Waals surface area (Å²) in [6.45, 7) is -1.50. The first-order valence-electron chi connectivity index (χ1n) is 9.72. The van der Waals surface area contributed by atoms with Gasteiger partial charge in [-0.1, -0.05) is 6.07 Å². The van der Waals surface area contributed by atoms with Crippen molar-refractivity contribution in [2.24, 2.45) is 0 Å². The first-order chi connectivity index (χ1) is 16.2. The molecular formula is C22H17F3N4O4S. The van der Waals surface area contributed by atoms with Crippen molar-refractivity contribution >= 4 is 32.3 Å². The van der Waals surface area contributed by atoms with Crippen molar-refractivity contribution in [1.82, 2.24) is 15.0 Å². The standard InChI is InChI=1S/C22H17F3N4O4S/c1-32-20-11-17(33-13-22(23,24)25)3-5-19(20)29(21-7-9-27-14-28-21)34(30,31)18-4-2-16-12-26-8-6-15(16)10-18/h2-12,14H,13H2,1H3. The van der Waals surface area contributed by atoms with E-state index in [9.17, 15) is 21.6 Å². The number of methoxy groups -OCH3 is 1. The molecule has 0 radical (unpaired) electrons. The normalized spacial score (nSPS) is 11.9. The molecule has 0 aliphatic carbocycles. The number of nitrogens with zero attached hydrogens (tertiary/aromatic N) is 4. The Morgan fingerprint density at radius 2 is 1.76 bits per heavy atom. The van der Waals surface area contributed by atoms with Gasteiger partial charge in [-0.05, 0) is 35.7 Å². The van der Waals surface area contributed by atoms with Crippen molar-refractivity contribution < 1.29 is 31.1 Å². The molecule has 4 rings (SSSR count). The minimum atomic E-state index is -4.53. The van der Waals surface area contributed by atoms with Crippen LogP contribution < -0.4 is 13.8 Å². The third-order valence-electron chi connectivity index (χ3n) is 4.70. The molecule has 0 aliphatic heterocycles. The minimum Gasteiger partial charge on any atom is -0.494 e. The molecule has 2 aromatic heterocycles. The highest BCUT2D eigenvalue weighted by atomic mass is 32.2. The zero-order chi connectivity index (χ0) is 24.3. The molecule has 2 heterocycles. The zero-order valence-electron chi connectivity index (χ0n) is 17.6. The van der Waals surface area contributed by atoms with E-state index < -0.39 is 22.8 Å². The Balaban J connectivity index is 1.83. The van der Waals surface area contributed by atoms with Gasteiger partial charge in [-0.25, -0.2) is 22.7 Å². The van der Waals surface area contributed by atoms with E-state index >= 15 is 0 Å². The van der Waals surface area contributed by atoms with E-state index in [1.54, 1.807) is 24.5 Å². The molecule has 0 amide bonds. The number of fused-ring (bicyclic) bond motifs is 1. The molecule has 0 fully saturated rings. The van der Waals surface area contributed by atoms with Crippen LogP contribution in [0.15, 0.2) is 78.3 Å². The lowest BCUT2D eigenvalue weighted by Gasteiger charge is -2.25. The average Bonchev–Trinajstić information content (AvgIpc) is 2.83. The van der Waals surface area contributed by atoms with E-state index in [1.165, 1.54) is 56.0 Å². The molecule has 0 bridgehead atoms. The van der Waals surface area contributed by atoms with E-state index in [1.807, 2.05) is 0 Å². The Bertz CT molecular complexity index is 1420. The molecule has 0 atom stereocenters. The van der Waals surface area contributed by atoms with Crippen molar-refractivity contribution in [2.45, 2.75) is 11.1 Å². The molecule has 0 N–H and O–H groups in total. The quantitative estimate of drug-likeness (QED) is 0.376. The van der Waals surface area contributed by atoms with Crippen LogP contribution >= 0.6 is 0 Å². The van der Waals surface area contributed by atoms with Crippen LogP contribution in [0, 0.1) is 0 Å². The number of alkyl halides is 3. The average molecular weight is 490 g/mol. The van der Waals surface area contributed by atoms with Gasteiger partial charge in [-0.3, -0.25) is 4.98 Å². The second-order valence-corrected chi connectivity index (χ2v) is 8.75. The zero-order valence-corrected chi connectivity index (χ0v) is 18.4.